The summed E-state index contributed by atoms with van der Waals surface area (Å²) in [5.74, 6) is 0.507. The fraction of sp³-hybridized carbons (Fsp3) is 0.321. The van der Waals surface area contributed by atoms with Crippen LogP contribution in [0.2, 0.25) is 0 Å². The number of aliphatic hydroxyl groups excluding tert-OH is 1. The second-order valence-electron chi connectivity index (χ2n) is 9.17. The summed E-state index contributed by atoms with van der Waals surface area (Å²) in [6, 6.07) is 24.5. The Bertz CT molecular complexity index is 1130. The Morgan fingerprint density at radius 2 is 1.70 bits per heavy atom. The van der Waals surface area contributed by atoms with Gasteiger partial charge in [0, 0.05) is 27.3 Å². The zero-order valence-corrected chi connectivity index (χ0v) is 20.7. The van der Waals surface area contributed by atoms with Crippen molar-refractivity contribution in [2.75, 3.05) is 18.4 Å². The van der Waals surface area contributed by atoms with Gasteiger partial charge in [-0.15, -0.1) is 0 Å². The van der Waals surface area contributed by atoms with Crippen LogP contribution in [0, 0.1) is 3.57 Å². The van der Waals surface area contributed by atoms with Crippen molar-refractivity contribution in [2.45, 2.75) is 43.7 Å². The summed E-state index contributed by atoms with van der Waals surface area (Å²) < 4.78 is 1.04. The van der Waals surface area contributed by atoms with Crippen LogP contribution in [0.5, 0.6) is 0 Å². The van der Waals surface area contributed by atoms with Crippen molar-refractivity contribution >= 4 is 34.2 Å². The van der Waals surface area contributed by atoms with Crippen LogP contribution in [0.1, 0.15) is 45.8 Å². The first-order valence-electron chi connectivity index (χ1n) is 11.7. The van der Waals surface area contributed by atoms with E-state index in [0.717, 1.165) is 52.7 Å². The number of nitrogens with zero attached hydrogens (tertiary/aromatic N) is 1. The lowest BCUT2D eigenvalue weighted by Gasteiger charge is -2.42. The zero-order chi connectivity index (χ0) is 22.8. The number of benzene rings is 3. The second-order valence-corrected chi connectivity index (χ2v) is 10.4. The molecular formula is C28H29IN2O2. The van der Waals surface area contributed by atoms with Crippen molar-refractivity contribution in [1.82, 2.24) is 4.90 Å². The lowest BCUT2D eigenvalue weighted by atomic mass is 9.82. The van der Waals surface area contributed by atoms with Crippen LogP contribution in [-0.4, -0.2) is 41.1 Å². The molecule has 33 heavy (non-hydrogen) atoms. The maximum atomic E-state index is 12.9. The van der Waals surface area contributed by atoms with Gasteiger partial charge in [0.1, 0.15) is 0 Å². The van der Waals surface area contributed by atoms with E-state index in [0.29, 0.717) is 17.9 Å². The van der Waals surface area contributed by atoms with Crippen molar-refractivity contribution in [1.29, 1.82) is 0 Å². The Morgan fingerprint density at radius 3 is 2.45 bits per heavy atom. The highest BCUT2D eigenvalue weighted by Crippen LogP contribution is 2.34. The van der Waals surface area contributed by atoms with E-state index >= 15 is 0 Å². The number of hydrogen-bond acceptors (Lipinski definition) is 3. The fourth-order valence-corrected chi connectivity index (χ4v) is 5.92. The highest BCUT2D eigenvalue weighted by Gasteiger charge is 2.35. The molecule has 1 amide bonds. The molecule has 5 rings (SSSR count). The molecule has 0 aromatic heterocycles. The molecule has 2 aliphatic rings. The van der Waals surface area contributed by atoms with E-state index in [9.17, 15) is 9.90 Å². The van der Waals surface area contributed by atoms with E-state index in [1.54, 1.807) is 0 Å². The standard InChI is InChI=1S/C28H29IN2O2/c29-23-10-4-9-22(16-23)28(33)30-25-11-5-8-21-17-27(32)26(18-24(21)25)31-14-12-20(13-15-31)19-6-2-1-3-7-19/h1-11,16,20,26-27,32H,12-15,17-18H2,(H,30,33). The number of carbonyl (C=O) groups is 1. The second kappa shape index (κ2) is 9.95. The summed E-state index contributed by atoms with van der Waals surface area (Å²) in [6.07, 6.45) is 3.24. The first-order chi connectivity index (χ1) is 16.1. The summed E-state index contributed by atoms with van der Waals surface area (Å²) in [6.45, 7) is 1.99. The summed E-state index contributed by atoms with van der Waals surface area (Å²) in [5, 5.41) is 14.1. The number of nitrogens with one attached hydrogen (secondary N) is 1. The molecular weight excluding hydrogens is 523 g/mol. The van der Waals surface area contributed by atoms with Gasteiger partial charge in [0.15, 0.2) is 0 Å². The number of rotatable bonds is 4. The van der Waals surface area contributed by atoms with E-state index in [1.165, 1.54) is 5.56 Å². The minimum atomic E-state index is -0.382. The van der Waals surface area contributed by atoms with Gasteiger partial charge in [0.05, 0.1) is 6.10 Å². The van der Waals surface area contributed by atoms with Gasteiger partial charge < -0.3 is 10.4 Å². The Morgan fingerprint density at radius 1 is 0.939 bits per heavy atom. The van der Waals surface area contributed by atoms with Crippen molar-refractivity contribution in [2.24, 2.45) is 0 Å². The molecule has 170 valence electrons. The van der Waals surface area contributed by atoms with Crippen molar-refractivity contribution < 1.29 is 9.90 Å². The molecule has 0 saturated carbocycles. The highest BCUT2D eigenvalue weighted by molar-refractivity contribution is 14.1. The first-order valence-corrected chi connectivity index (χ1v) is 12.8. The number of piperidine rings is 1. The Labute approximate surface area is 209 Å². The molecule has 1 aliphatic heterocycles. The quantitative estimate of drug-likeness (QED) is 0.435. The van der Waals surface area contributed by atoms with Gasteiger partial charge in [0.25, 0.3) is 5.91 Å². The molecule has 1 saturated heterocycles. The predicted molar refractivity (Wildman–Crippen MR) is 141 cm³/mol. The molecule has 0 radical (unpaired) electrons. The maximum absolute atomic E-state index is 12.9. The lowest BCUT2D eigenvalue weighted by Crippen LogP contribution is -2.51. The van der Waals surface area contributed by atoms with Gasteiger partial charge in [-0.2, -0.15) is 0 Å². The van der Waals surface area contributed by atoms with Crippen LogP contribution < -0.4 is 5.32 Å². The zero-order valence-electron chi connectivity index (χ0n) is 18.6. The molecule has 2 atom stereocenters. The van der Waals surface area contributed by atoms with E-state index in [4.69, 9.17) is 0 Å². The van der Waals surface area contributed by atoms with Gasteiger partial charge in [-0.1, -0.05) is 48.5 Å². The molecule has 0 spiro atoms. The van der Waals surface area contributed by atoms with E-state index in [-0.39, 0.29) is 18.1 Å². The number of carbonyl (C=O) groups excluding carboxylic acids is 1. The van der Waals surface area contributed by atoms with Crippen LogP contribution in [0.4, 0.5) is 5.69 Å². The molecule has 1 fully saturated rings. The average molecular weight is 552 g/mol. The van der Waals surface area contributed by atoms with E-state index in [1.807, 2.05) is 36.4 Å². The largest absolute Gasteiger partial charge is 0.391 e. The number of aliphatic hydroxyl groups is 1. The summed E-state index contributed by atoms with van der Waals surface area (Å²) in [5.41, 5.74) is 5.25. The lowest BCUT2D eigenvalue weighted by molar-refractivity contribution is 0.0296. The Kier molecular flexibility index (Phi) is 6.81. The molecule has 3 aromatic rings. The van der Waals surface area contributed by atoms with Gasteiger partial charge in [0.2, 0.25) is 0 Å². The summed E-state index contributed by atoms with van der Waals surface area (Å²) in [4.78, 5) is 15.4. The van der Waals surface area contributed by atoms with Crippen molar-refractivity contribution in [3.05, 3.63) is 98.6 Å². The van der Waals surface area contributed by atoms with Crippen molar-refractivity contribution in [3.63, 3.8) is 0 Å². The van der Waals surface area contributed by atoms with Crippen LogP contribution in [0.3, 0.4) is 0 Å². The third-order valence-corrected chi connectivity index (χ3v) is 7.84. The molecule has 1 heterocycles. The number of hydrogen-bond donors (Lipinski definition) is 2. The molecule has 1 aliphatic carbocycles. The minimum absolute atomic E-state index is 0.0879. The molecule has 3 aromatic carbocycles. The van der Waals surface area contributed by atoms with Gasteiger partial charge in [-0.25, -0.2) is 0 Å². The number of anilines is 1. The number of likely N-dealkylation sites (tertiary alicyclic amines) is 1. The van der Waals surface area contributed by atoms with E-state index < -0.39 is 0 Å². The monoisotopic (exact) mass is 552 g/mol. The first kappa shape index (κ1) is 22.6. The predicted octanol–water partition coefficient (Wildman–Crippen LogP) is 5.25. The Balaban J connectivity index is 1.30. The van der Waals surface area contributed by atoms with Gasteiger partial charge in [-0.05, 0) is 102 Å². The molecule has 2 unspecified atom stereocenters. The number of amides is 1. The summed E-state index contributed by atoms with van der Waals surface area (Å²) in [7, 11) is 0. The SMILES string of the molecule is O=C(Nc1cccc2c1CC(N1CCC(c3ccccc3)CC1)C(O)C2)c1cccc(I)c1. The molecule has 4 nitrogen and oxygen atoms in total. The average Bonchev–Trinajstić information content (AvgIpc) is 2.84. The fourth-order valence-electron chi connectivity index (χ4n) is 5.38. The topological polar surface area (TPSA) is 52.6 Å². The maximum Gasteiger partial charge on any atom is 0.255 e. The molecule has 2 N–H and O–H groups in total. The van der Waals surface area contributed by atoms with Gasteiger partial charge >= 0.3 is 0 Å². The van der Waals surface area contributed by atoms with E-state index in [2.05, 4.69) is 69.2 Å². The van der Waals surface area contributed by atoms with Crippen LogP contribution in [0.25, 0.3) is 0 Å². The van der Waals surface area contributed by atoms with Crippen LogP contribution >= 0.6 is 22.6 Å². The number of halogens is 1. The Hall–Kier alpha value is -2.22. The molecule has 0 bridgehead atoms. The molecule has 5 heteroatoms. The third-order valence-electron chi connectivity index (χ3n) is 7.16. The van der Waals surface area contributed by atoms with Crippen LogP contribution in [0.15, 0.2) is 72.8 Å². The smallest absolute Gasteiger partial charge is 0.255 e. The van der Waals surface area contributed by atoms with Crippen molar-refractivity contribution in [3.8, 4) is 0 Å². The normalized spacial score (nSPS) is 21.4. The summed E-state index contributed by atoms with van der Waals surface area (Å²) >= 11 is 2.23. The van der Waals surface area contributed by atoms with Gasteiger partial charge in [-0.3, -0.25) is 9.69 Å². The van der Waals surface area contributed by atoms with Crippen LogP contribution in [-0.2, 0) is 12.8 Å². The third kappa shape index (κ3) is 5.00. The minimum Gasteiger partial charge on any atom is -0.391 e. The number of fused-ring (bicyclic) bond motifs is 1. The highest BCUT2D eigenvalue weighted by atomic mass is 127.